The zero-order valence-corrected chi connectivity index (χ0v) is 5.02. The number of hydrogen-bond donors (Lipinski definition) is 0. The van der Waals surface area contributed by atoms with Crippen molar-refractivity contribution < 1.29 is 0 Å². The van der Waals surface area contributed by atoms with Crippen molar-refractivity contribution in [2.45, 2.75) is 20.3 Å². The molecule has 0 aromatic heterocycles. The van der Waals surface area contributed by atoms with Gasteiger partial charge in [-0.1, -0.05) is 13.0 Å². The van der Waals surface area contributed by atoms with Crippen LogP contribution in [-0.4, -0.2) is 6.54 Å². The number of hydrogen-bond acceptors (Lipinski definition) is 0. The van der Waals surface area contributed by atoms with E-state index in [4.69, 9.17) is 0 Å². The third-order valence-electron chi connectivity index (χ3n) is 0.607. The summed E-state index contributed by atoms with van der Waals surface area (Å²) in [5.41, 5.74) is 0. The maximum Gasteiger partial charge on any atom is 0.0386 e. The van der Waals surface area contributed by atoms with Gasteiger partial charge in [0.2, 0.25) is 0 Å². The fourth-order valence-electron chi connectivity index (χ4n) is 0.309. The molecular formula is C6H12N. The van der Waals surface area contributed by atoms with Crippen molar-refractivity contribution in [3.8, 4) is 0 Å². The standard InChI is InChI=1S/C6H12N/c1-3-5-7-6-4-2/h3,5H,4,6H2,1-2H3/b5-3-. The minimum atomic E-state index is 0.963. The van der Waals surface area contributed by atoms with Crippen LogP contribution in [0.4, 0.5) is 0 Å². The average molecular weight is 98.2 g/mol. The van der Waals surface area contributed by atoms with Gasteiger partial charge in [0.05, 0.1) is 0 Å². The molecule has 0 unspecified atom stereocenters. The summed E-state index contributed by atoms with van der Waals surface area (Å²) in [5.74, 6) is 0. The third kappa shape index (κ3) is 5.54. The van der Waals surface area contributed by atoms with E-state index in [0.29, 0.717) is 0 Å². The lowest BCUT2D eigenvalue weighted by Gasteiger charge is -1.86. The molecule has 0 rings (SSSR count). The normalized spacial score (nSPS) is 10.0. The third-order valence-corrected chi connectivity index (χ3v) is 0.607. The van der Waals surface area contributed by atoms with Crippen LogP contribution in [0.2, 0.25) is 0 Å². The van der Waals surface area contributed by atoms with Crippen LogP contribution < -0.4 is 5.32 Å². The minimum absolute atomic E-state index is 0.963. The van der Waals surface area contributed by atoms with Gasteiger partial charge in [-0.2, -0.15) is 0 Å². The molecule has 1 nitrogen and oxygen atoms in total. The van der Waals surface area contributed by atoms with Gasteiger partial charge in [-0.15, -0.1) is 0 Å². The fraction of sp³-hybridized carbons (Fsp3) is 0.667. The molecule has 1 heteroatoms. The minimum Gasteiger partial charge on any atom is -0.294 e. The van der Waals surface area contributed by atoms with Crippen LogP contribution in [0.1, 0.15) is 20.3 Å². The lowest BCUT2D eigenvalue weighted by Crippen LogP contribution is -1.94. The van der Waals surface area contributed by atoms with Gasteiger partial charge in [-0.3, -0.25) is 5.32 Å². The molecule has 1 radical (unpaired) electrons. The zero-order valence-electron chi connectivity index (χ0n) is 5.02. The Balaban J connectivity index is 2.69. The molecule has 0 aromatic carbocycles. The van der Waals surface area contributed by atoms with Gasteiger partial charge >= 0.3 is 0 Å². The number of nitrogens with zero attached hydrogens (tertiary/aromatic N) is 1. The molecule has 0 saturated heterocycles. The molecular weight excluding hydrogens is 86.1 g/mol. The molecule has 0 bridgehead atoms. The van der Waals surface area contributed by atoms with Crippen molar-refractivity contribution in [2.24, 2.45) is 0 Å². The second-order valence-electron chi connectivity index (χ2n) is 1.39. The molecule has 0 amide bonds. The van der Waals surface area contributed by atoms with E-state index >= 15 is 0 Å². The van der Waals surface area contributed by atoms with Crippen molar-refractivity contribution in [1.29, 1.82) is 0 Å². The van der Waals surface area contributed by atoms with Gasteiger partial charge in [0, 0.05) is 12.7 Å². The van der Waals surface area contributed by atoms with E-state index < -0.39 is 0 Å². The molecule has 0 heterocycles. The van der Waals surface area contributed by atoms with E-state index in [1.807, 2.05) is 19.2 Å². The highest BCUT2D eigenvalue weighted by atomic mass is 14.8. The summed E-state index contributed by atoms with van der Waals surface area (Å²) in [6.45, 7) is 5.05. The van der Waals surface area contributed by atoms with E-state index in [0.717, 1.165) is 13.0 Å². The van der Waals surface area contributed by atoms with Crippen LogP contribution in [0.3, 0.4) is 0 Å². The Morgan fingerprint density at radius 2 is 2.29 bits per heavy atom. The first-order valence-corrected chi connectivity index (χ1v) is 2.69. The summed E-state index contributed by atoms with van der Waals surface area (Å²) >= 11 is 0. The van der Waals surface area contributed by atoms with Gasteiger partial charge in [-0.25, -0.2) is 0 Å². The van der Waals surface area contributed by atoms with Gasteiger partial charge in [-0.05, 0) is 13.3 Å². The van der Waals surface area contributed by atoms with Crippen molar-refractivity contribution in [2.75, 3.05) is 6.54 Å². The highest BCUT2D eigenvalue weighted by Crippen LogP contribution is 1.71. The molecule has 0 fully saturated rings. The topological polar surface area (TPSA) is 14.1 Å². The van der Waals surface area contributed by atoms with Gasteiger partial charge in [0.25, 0.3) is 0 Å². The second kappa shape index (κ2) is 5.54. The van der Waals surface area contributed by atoms with Crippen molar-refractivity contribution in [1.82, 2.24) is 5.32 Å². The molecule has 0 atom stereocenters. The summed E-state index contributed by atoms with van der Waals surface area (Å²) in [6.07, 6.45) is 4.92. The smallest absolute Gasteiger partial charge is 0.0386 e. The quantitative estimate of drug-likeness (QED) is 0.475. The first-order chi connectivity index (χ1) is 3.41. The second-order valence-corrected chi connectivity index (χ2v) is 1.39. The zero-order chi connectivity index (χ0) is 5.54. The van der Waals surface area contributed by atoms with E-state index in [1.54, 1.807) is 0 Å². The predicted molar refractivity (Wildman–Crippen MR) is 32.1 cm³/mol. The Labute approximate surface area is 45.4 Å². The van der Waals surface area contributed by atoms with E-state index in [9.17, 15) is 0 Å². The molecule has 0 aliphatic heterocycles. The highest BCUT2D eigenvalue weighted by molar-refractivity contribution is 4.72. The van der Waals surface area contributed by atoms with Crippen LogP contribution in [0, 0.1) is 0 Å². The molecule has 0 aromatic rings. The lowest BCUT2D eigenvalue weighted by atomic mass is 10.5. The summed E-state index contributed by atoms with van der Waals surface area (Å²) < 4.78 is 0. The van der Waals surface area contributed by atoms with Crippen molar-refractivity contribution in [3.05, 3.63) is 12.3 Å². The SMILES string of the molecule is C/C=C\[N]CCC. The van der Waals surface area contributed by atoms with Crippen LogP contribution >= 0.6 is 0 Å². The molecule has 0 N–H and O–H groups in total. The van der Waals surface area contributed by atoms with Crippen LogP contribution in [0.5, 0.6) is 0 Å². The Bertz CT molecular complexity index is 48.1. The molecule has 7 heavy (non-hydrogen) atoms. The Morgan fingerprint density at radius 1 is 1.57 bits per heavy atom. The van der Waals surface area contributed by atoms with E-state index in [-0.39, 0.29) is 0 Å². The maximum atomic E-state index is 4.03. The maximum absolute atomic E-state index is 4.03. The van der Waals surface area contributed by atoms with Gasteiger partial charge in [0.1, 0.15) is 0 Å². The van der Waals surface area contributed by atoms with E-state index in [1.165, 1.54) is 0 Å². The molecule has 0 spiro atoms. The van der Waals surface area contributed by atoms with Crippen molar-refractivity contribution >= 4 is 0 Å². The fourth-order valence-corrected chi connectivity index (χ4v) is 0.309. The summed E-state index contributed by atoms with van der Waals surface area (Å²) in [5, 5.41) is 4.03. The molecule has 41 valence electrons. The monoisotopic (exact) mass is 98.1 g/mol. The number of rotatable bonds is 3. The first-order valence-electron chi connectivity index (χ1n) is 2.69. The van der Waals surface area contributed by atoms with Crippen molar-refractivity contribution in [3.63, 3.8) is 0 Å². The summed E-state index contributed by atoms with van der Waals surface area (Å²) in [4.78, 5) is 0. The predicted octanol–water partition coefficient (Wildman–Crippen LogP) is 1.53. The van der Waals surface area contributed by atoms with E-state index in [2.05, 4.69) is 12.2 Å². The largest absolute Gasteiger partial charge is 0.294 e. The van der Waals surface area contributed by atoms with Crippen LogP contribution in [-0.2, 0) is 0 Å². The molecule has 0 aliphatic carbocycles. The number of allylic oxidation sites excluding steroid dienone is 1. The van der Waals surface area contributed by atoms with Gasteiger partial charge in [0.15, 0.2) is 0 Å². The molecule has 0 aliphatic rings. The Kier molecular flexibility index (Phi) is 5.18. The Morgan fingerprint density at radius 3 is 2.71 bits per heavy atom. The molecule has 0 saturated carbocycles. The first kappa shape index (κ1) is 6.54. The Hall–Kier alpha value is -0.460. The summed E-state index contributed by atoms with van der Waals surface area (Å²) in [7, 11) is 0. The highest BCUT2D eigenvalue weighted by Gasteiger charge is 1.71. The summed E-state index contributed by atoms with van der Waals surface area (Å²) in [6, 6.07) is 0. The van der Waals surface area contributed by atoms with Crippen LogP contribution in [0.25, 0.3) is 0 Å². The average Bonchev–Trinajstić information content (AvgIpc) is 1.69. The van der Waals surface area contributed by atoms with Crippen LogP contribution in [0.15, 0.2) is 12.3 Å². The lowest BCUT2D eigenvalue weighted by molar-refractivity contribution is 0.795. The van der Waals surface area contributed by atoms with Gasteiger partial charge < -0.3 is 0 Å².